The number of rotatable bonds is 5. The highest BCUT2D eigenvalue weighted by Gasteiger charge is 2.42. The highest BCUT2D eigenvalue weighted by molar-refractivity contribution is 6.33. The number of alkyl halides is 3. The van der Waals surface area contributed by atoms with E-state index in [2.05, 4.69) is 10.3 Å². The predicted octanol–water partition coefficient (Wildman–Crippen LogP) is 4.28. The van der Waals surface area contributed by atoms with Crippen molar-refractivity contribution in [2.45, 2.75) is 6.18 Å². The number of nitrogens with zero attached hydrogens (tertiary/aromatic N) is 4. The molecule has 0 bridgehead atoms. The van der Waals surface area contributed by atoms with Crippen molar-refractivity contribution in [3.05, 3.63) is 80.9 Å². The fourth-order valence-electron chi connectivity index (χ4n) is 3.33. The Morgan fingerprint density at radius 2 is 1.85 bits per heavy atom. The van der Waals surface area contributed by atoms with Crippen LogP contribution in [0.15, 0.2) is 53.2 Å². The number of para-hydroxylation sites is 2. The number of hydrogen-bond acceptors (Lipinski definition) is 7. The maximum atomic E-state index is 14.4. The maximum absolute atomic E-state index is 14.4. The number of aromatic carboxylic acids is 1. The van der Waals surface area contributed by atoms with Gasteiger partial charge in [0.15, 0.2) is 11.5 Å². The number of carbonyl (C=O) groups excluding carboxylic acids is 1. The van der Waals surface area contributed by atoms with Gasteiger partial charge in [0, 0.05) is 6.07 Å². The first-order chi connectivity index (χ1) is 16.0. The van der Waals surface area contributed by atoms with Crippen molar-refractivity contribution in [3.8, 4) is 28.3 Å². The number of nitro groups is 1. The topological polar surface area (TPSA) is 127 Å². The van der Waals surface area contributed by atoms with Gasteiger partial charge >= 0.3 is 6.18 Å². The van der Waals surface area contributed by atoms with E-state index in [0.29, 0.717) is 6.20 Å². The summed E-state index contributed by atoms with van der Waals surface area (Å²) in [5.74, 6) is -4.00. The molecule has 2 aromatic carbocycles. The molecular formula is C20H8ClF4N4O5-. The lowest BCUT2D eigenvalue weighted by atomic mass is 10.0. The molecule has 0 radical (unpaired) electrons. The molecule has 14 heteroatoms. The van der Waals surface area contributed by atoms with Crippen molar-refractivity contribution in [2.24, 2.45) is 0 Å². The molecule has 0 atom stereocenters. The molecule has 0 aliphatic rings. The smallest absolute Gasteiger partial charge is 0.434 e. The normalized spacial score (nSPS) is 11.6. The first kappa shape index (κ1) is 22.9. The van der Waals surface area contributed by atoms with Crippen molar-refractivity contribution in [3.63, 3.8) is 0 Å². The van der Waals surface area contributed by atoms with Crippen LogP contribution in [-0.4, -0.2) is 25.8 Å². The Bertz CT molecular complexity index is 1430. The van der Waals surface area contributed by atoms with Crippen molar-refractivity contribution >= 4 is 23.3 Å². The van der Waals surface area contributed by atoms with E-state index < -0.39 is 68.1 Å². The van der Waals surface area contributed by atoms with Crippen molar-refractivity contribution in [2.75, 3.05) is 0 Å². The first-order valence-corrected chi connectivity index (χ1v) is 9.45. The summed E-state index contributed by atoms with van der Waals surface area (Å²) in [5.41, 5.74) is -6.00. The zero-order valence-electron chi connectivity index (χ0n) is 16.3. The fourth-order valence-corrected chi connectivity index (χ4v) is 3.58. The van der Waals surface area contributed by atoms with E-state index in [1.165, 1.54) is 24.3 Å². The van der Waals surface area contributed by atoms with E-state index in [1.54, 1.807) is 0 Å². The van der Waals surface area contributed by atoms with Crippen LogP contribution in [0.5, 0.6) is 0 Å². The Hall–Kier alpha value is -4.26. The minimum absolute atomic E-state index is 0.227. The molecule has 0 aliphatic heterocycles. The first-order valence-electron chi connectivity index (χ1n) is 9.07. The Balaban J connectivity index is 2.02. The minimum Gasteiger partial charge on any atom is -0.545 e. The lowest BCUT2D eigenvalue weighted by Gasteiger charge is -2.13. The maximum Gasteiger partial charge on any atom is 0.434 e. The number of hydrogen-bond donors (Lipinski definition) is 0. The van der Waals surface area contributed by atoms with E-state index in [9.17, 15) is 37.6 Å². The third-order valence-corrected chi connectivity index (χ3v) is 5.00. The summed E-state index contributed by atoms with van der Waals surface area (Å²) in [4.78, 5) is 22.3. The molecule has 9 nitrogen and oxygen atoms in total. The van der Waals surface area contributed by atoms with E-state index in [1.807, 2.05) is 0 Å². The molecule has 174 valence electrons. The standard InChI is InChI=1S/C20H9ClF4N4O5/c21-10-4-3-5-11(22)14(10)16-15(19(30)31)17(34-27-16)9-8-26-28(18(9)20(23,24)25)12-6-1-2-7-13(12)29(32)33/h1-8H,(H,30,31)/p-1. The van der Waals surface area contributed by atoms with Crippen LogP contribution >= 0.6 is 11.6 Å². The molecule has 4 aromatic rings. The number of aromatic nitrogens is 3. The van der Waals surface area contributed by atoms with Crippen molar-refractivity contribution < 1.29 is 36.9 Å². The third kappa shape index (κ3) is 3.75. The van der Waals surface area contributed by atoms with Crippen LogP contribution in [0.3, 0.4) is 0 Å². The van der Waals surface area contributed by atoms with Gasteiger partial charge in [-0.15, -0.1) is 0 Å². The summed E-state index contributed by atoms with van der Waals surface area (Å²) in [6.45, 7) is 0. The molecule has 2 aromatic heterocycles. The summed E-state index contributed by atoms with van der Waals surface area (Å²) in [7, 11) is 0. The van der Waals surface area contributed by atoms with Crippen LogP contribution in [0.1, 0.15) is 16.1 Å². The Morgan fingerprint density at radius 3 is 2.47 bits per heavy atom. The number of carboxylic acids is 1. The monoisotopic (exact) mass is 495 g/mol. The van der Waals surface area contributed by atoms with Gasteiger partial charge < -0.3 is 14.4 Å². The number of carbonyl (C=O) groups is 1. The van der Waals surface area contributed by atoms with E-state index in [0.717, 1.165) is 18.2 Å². The Labute approximate surface area is 190 Å². The molecule has 0 N–H and O–H groups in total. The molecular weight excluding hydrogens is 488 g/mol. The number of halogens is 5. The fraction of sp³-hybridized carbons (Fsp3) is 0.0500. The second-order valence-corrected chi connectivity index (χ2v) is 7.09. The van der Waals surface area contributed by atoms with Gasteiger partial charge in [0.2, 0.25) is 0 Å². The quantitative estimate of drug-likeness (QED) is 0.230. The molecule has 0 spiro atoms. The molecule has 0 fully saturated rings. The number of nitro benzene ring substituents is 1. The van der Waals surface area contributed by atoms with Gasteiger partial charge in [-0.3, -0.25) is 10.1 Å². The van der Waals surface area contributed by atoms with Gasteiger partial charge in [-0.05, 0) is 18.2 Å². The molecule has 34 heavy (non-hydrogen) atoms. The summed E-state index contributed by atoms with van der Waals surface area (Å²) < 4.78 is 61.8. The average Bonchev–Trinajstić information content (AvgIpc) is 3.38. The summed E-state index contributed by atoms with van der Waals surface area (Å²) in [6, 6.07) is 7.85. The number of benzene rings is 2. The third-order valence-electron chi connectivity index (χ3n) is 4.68. The second kappa shape index (κ2) is 8.26. The van der Waals surface area contributed by atoms with Crippen LogP contribution in [0, 0.1) is 15.9 Å². The lowest BCUT2D eigenvalue weighted by Crippen LogP contribution is -2.23. The Morgan fingerprint density at radius 1 is 1.15 bits per heavy atom. The van der Waals surface area contributed by atoms with Gasteiger partial charge in [0.25, 0.3) is 5.69 Å². The lowest BCUT2D eigenvalue weighted by molar-refractivity contribution is -0.384. The van der Waals surface area contributed by atoms with Gasteiger partial charge in [-0.2, -0.15) is 18.3 Å². The molecule has 0 amide bonds. The minimum atomic E-state index is -5.19. The summed E-state index contributed by atoms with van der Waals surface area (Å²) in [6.07, 6.45) is -4.60. The number of carboxylic acid groups (broad SMARTS) is 1. The zero-order chi connectivity index (χ0) is 24.8. The van der Waals surface area contributed by atoms with Crippen LogP contribution in [0.25, 0.3) is 28.3 Å². The summed E-state index contributed by atoms with van der Waals surface area (Å²) in [5, 5.41) is 29.9. The van der Waals surface area contributed by atoms with Crippen molar-refractivity contribution in [1.82, 2.24) is 14.9 Å². The Kier molecular flexibility index (Phi) is 5.57. The molecule has 0 saturated carbocycles. The largest absolute Gasteiger partial charge is 0.545 e. The van der Waals surface area contributed by atoms with Crippen LogP contribution in [0.4, 0.5) is 23.2 Å². The molecule has 0 unspecified atom stereocenters. The van der Waals surface area contributed by atoms with E-state index in [-0.39, 0.29) is 9.70 Å². The molecule has 0 saturated heterocycles. The van der Waals surface area contributed by atoms with E-state index >= 15 is 0 Å². The predicted molar refractivity (Wildman–Crippen MR) is 105 cm³/mol. The average molecular weight is 496 g/mol. The van der Waals surface area contributed by atoms with Gasteiger partial charge in [-0.25, -0.2) is 9.07 Å². The van der Waals surface area contributed by atoms with Crippen LogP contribution in [0.2, 0.25) is 5.02 Å². The van der Waals surface area contributed by atoms with Gasteiger partial charge in [0.05, 0.1) is 38.8 Å². The van der Waals surface area contributed by atoms with Gasteiger partial charge in [0.1, 0.15) is 17.2 Å². The molecule has 2 heterocycles. The highest BCUT2D eigenvalue weighted by atomic mass is 35.5. The van der Waals surface area contributed by atoms with E-state index in [4.69, 9.17) is 16.1 Å². The van der Waals surface area contributed by atoms with Crippen LogP contribution < -0.4 is 5.11 Å². The van der Waals surface area contributed by atoms with Crippen LogP contribution in [-0.2, 0) is 6.18 Å². The van der Waals surface area contributed by atoms with Crippen molar-refractivity contribution in [1.29, 1.82) is 0 Å². The second-order valence-electron chi connectivity index (χ2n) is 6.68. The SMILES string of the molecule is O=C([O-])c1c(-c2c(F)cccc2Cl)noc1-c1cnn(-c2ccccc2[N+](=O)[O-])c1C(F)(F)F. The summed E-state index contributed by atoms with van der Waals surface area (Å²) >= 11 is 5.94. The highest BCUT2D eigenvalue weighted by Crippen LogP contribution is 2.43. The molecule has 0 aliphatic carbocycles. The zero-order valence-corrected chi connectivity index (χ0v) is 17.1. The van der Waals surface area contributed by atoms with Gasteiger partial charge in [-0.1, -0.05) is 35.0 Å². The molecule has 4 rings (SSSR count).